The predicted molar refractivity (Wildman–Crippen MR) is 93.3 cm³/mol. The van der Waals surface area contributed by atoms with E-state index >= 15 is 0 Å². The van der Waals surface area contributed by atoms with Crippen molar-refractivity contribution in [2.24, 2.45) is 0 Å². The fraction of sp³-hybridized carbons (Fsp3) is 0.111. The van der Waals surface area contributed by atoms with Gasteiger partial charge in [-0.3, -0.25) is 4.79 Å². The lowest BCUT2D eigenvalue weighted by Crippen LogP contribution is -2.20. The Morgan fingerprint density at radius 1 is 1.12 bits per heavy atom. The number of anilines is 1. The summed E-state index contributed by atoms with van der Waals surface area (Å²) >= 11 is 0.395. The van der Waals surface area contributed by atoms with Crippen molar-refractivity contribution < 1.29 is 27.5 Å². The Kier molecular flexibility index (Phi) is 7.28. The van der Waals surface area contributed by atoms with Gasteiger partial charge in [0.15, 0.2) is 6.61 Å². The first kappa shape index (κ1) is 19.6. The fourth-order valence-corrected chi connectivity index (χ4v) is 2.37. The van der Waals surface area contributed by atoms with E-state index in [4.69, 9.17) is 4.74 Å². The van der Waals surface area contributed by atoms with Gasteiger partial charge in [-0.25, -0.2) is 9.18 Å². The summed E-state index contributed by atoms with van der Waals surface area (Å²) < 4.78 is 42.6. The molecule has 0 unspecified atom stereocenters. The molecule has 0 bridgehead atoms. The number of amides is 1. The van der Waals surface area contributed by atoms with Gasteiger partial charge in [-0.05, 0) is 36.4 Å². The summed E-state index contributed by atoms with van der Waals surface area (Å²) in [4.78, 5) is 23.6. The maximum atomic E-state index is 13.4. The van der Waals surface area contributed by atoms with E-state index in [1.165, 1.54) is 48.5 Å². The maximum absolute atomic E-state index is 13.4. The van der Waals surface area contributed by atoms with Crippen molar-refractivity contribution in [2.45, 2.75) is 10.7 Å². The molecule has 0 atom stereocenters. The highest BCUT2D eigenvalue weighted by Crippen LogP contribution is 2.26. The average molecular weight is 381 g/mol. The van der Waals surface area contributed by atoms with Crippen LogP contribution in [0.3, 0.4) is 0 Å². The van der Waals surface area contributed by atoms with E-state index in [2.05, 4.69) is 5.32 Å². The van der Waals surface area contributed by atoms with Gasteiger partial charge in [0, 0.05) is 22.2 Å². The zero-order chi connectivity index (χ0) is 18.9. The van der Waals surface area contributed by atoms with Crippen LogP contribution >= 0.6 is 11.8 Å². The molecule has 2 rings (SSSR count). The van der Waals surface area contributed by atoms with Crippen molar-refractivity contribution >= 4 is 35.4 Å². The van der Waals surface area contributed by atoms with E-state index in [0.717, 1.165) is 6.08 Å². The van der Waals surface area contributed by atoms with Crippen LogP contribution < -0.4 is 5.32 Å². The first-order chi connectivity index (χ1) is 12.4. The lowest BCUT2D eigenvalue weighted by molar-refractivity contribution is -0.142. The minimum Gasteiger partial charge on any atom is -0.452 e. The highest BCUT2D eigenvalue weighted by molar-refractivity contribution is 7.99. The van der Waals surface area contributed by atoms with Crippen LogP contribution in [-0.4, -0.2) is 24.2 Å². The van der Waals surface area contributed by atoms with Gasteiger partial charge in [0.05, 0.1) is 0 Å². The maximum Gasteiger partial charge on any atom is 0.331 e. The van der Waals surface area contributed by atoms with Crippen LogP contribution in [0.2, 0.25) is 0 Å². The predicted octanol–water partition coefficient (Wildman–Crippen LogP) is 4.34. The van der Waals surface area contributed by atoms with Gasteiger partial charge in [-0.1, -0.05) is 30.0 Å². The number of benzene rings is 2. The number of hydrogen-bond donors (Lipinski definition) is 1. The molecule has 0 fully saturated rings. The quantitative estimate of drug-likeness (QED) is 0.441. The summed E-state index contributed by atoms with van der Waals surface area (Å²) in [7, 11) is 0. The van der Waals surface area contributed by atoms with E-state index in [0.29, 0.717) is 22.3 Å². The summed E-state index contributed by atoms with van der Waals surface area (Å²) in [6, 6.07) is 11.7. The molecule has 0 saturated heterocycles. The molecule has 0 aromatic heterocycles. The SMILES string of the molecule is O=C(COC(=O)/C=C/c1ccccc1F)Nc1ccc(SC(F)F)cc1. The molecule has 1 amide bonds. The Bertz CT molecular complexity index is 795. The van der Waals surface area contributed by atoms with Crippen LogP contribution in [-0.2, 0) is 14.3 Å². The second-order valence-electron chi connectivity index (χ2n) is 4.91. The molecule has 0 spiro atoms. The van der Waals surface area contributed by atoms with Crippen LogP contribution in [0, 0.1) is 5.82 Å². The first-order valence-electron chi connectivity index (χ1n) is 7.38. The Balaban J connectivity index is 1.79. The van der Waals surface area contributed by atoms with Crippen molar-refractivity contribution in [2.75, 3.05) is 11.9 Å². The van der Waals surface area contributed by atoms with E-state index in [1.54, 1.807) is 6.07 Å². The number of thioether (sulfide) groups is 1. The Hall–Kier alpha value is -2.74. The Morgan fingerprint density at radius 3 is 2.46 bits per heavy atom. The normalized spacial score (nSPS) is 10.9. The molecule has 0 heterocycles. The van der Waals surface area contributed by atoms with Gasteiger partial charge in [0.1, 0.15) is 5.82 Å². The lowest BCUT2D eigenvalue weighted by Gasteiger charge is -2.06. The van der Waals surface area contributed by atoms with Crippen LogP contribution in [0.1, 0.15) is 5.56 Å². The summed E-state index contributed by atoms with van der Waals surface area (Å²) in [5.74, 6) is -4.39. The van der Waals surface area contributed by atoms with E-state index < -0.39 is 30.1 Å². The third-order valence-electron chi connectivity index (χ3n) is 3.01. The number of ether oxygens (including phenoxy) is 1. The number of alkyl halides is 2. The number of hydrogen-bond acceptors (Lipinski definition) is 4. The monoisotopic (exact) mass is 381 g/mol. The van der Waals surface area contributed by atoms with Gasteiger partial charge >= 0.3 is 5.97 Å². The molecule has 2 aromatic rings. The van der Waals surface area contributed by atoms with Crippen molar-refractivity contribution in [3.63, 3.8) is 0 Å². The van der Waals surface area contributed by atoms with E-state index in [1.807, 2.05) is 0 Å². The molecular weight excluding hydrogens is 367 g/mol. The van der Waals surface area contributed by atoms with Crippen molar-refractivity contribution in [1.82, 2.24) is 0 Å². The minimum atomic E-state index is -2.52. The molecule has 0 saturated carbocycles. The smallest absolute Gasteiger partial charge is 0.331 e. The van der Waals surface area contributed by atoms with Crippen LogP contribution in [0.15, 0.2) is 59.5 Å². The molecule has 26 heavy (non-hydrogen) atoms. The average Bonchev–Trinajstić information content (AvgIpc) is 2.60. The summed E-state index contributed by atoms with van der Waals surface area (Å²) in [6.45, 7) is -0.534. The number of carbonyl (C=O) groups excluding carboxylic acids is 2. The third kappa shape index (κ3) is 6.64. The topological polar surface area (TPSA) is 55.4 Å². The van der Waals surface area contributed by atoms with Crippen molar-refractivity contribution in [3.05, 3.63) is 66.0 Å². The van der Waals surface area contributed by atoms with Crippen LogP contribution in [0.5, 0.6) is 0 Å². The van der Waals surface area contributed by atoms with Gasteiger partial charge in [0.2, 0.25) is 0 Å². The zero-order valence-corrected chi connectivity index (χ0v) is 14.1. The van der Waals surface area contributed by atoms with Gasteiger partial charge < -0.3 is 10.1 Å². The molecule has 0 radical (unpaired) electrons. The van der Waals surface area contributed by atoms with E-state index in [-0.39, 0.29) is 5.56 Å². The molecule has 0 aliphatic carbocycles. The van der Waals surface area contributed by atoms with Gasteiger partial charge in [0.25, 0.3) is 11.7 Å². The van der Waals surface area contributed by atoms with Gasteiger partial charge in [-0.15, -0.1) is 0 Å². The van der Waals surface area contributed by atoms with Crippen molar-refractivity contribution in [1.29, 1.82) is 0 Å². The van der Waals surface area contributed by atoms with E-state index in [9.17, 15) is 22.8 Å². The second kappa shape index (κ2) is 9.67. The Morgan fingerprint density at radius 2 is 1.81 bits per heavy atom. The minimum absolute atomic E-state index is 0.218. The molecule has 2 aromatic carbocycles. The Labute approximate surface area is 152 Å². The molecule has 8 heteroatoms. The highest BCUT2D eigenvalue weighted by atomic mass is 32.2. The first-order valence-corrected chi connectivity index (χ1v) is 8.26. The lowest BCUT2D eigenvalue weighted by atomic mass is 10.2. The second-order valence-corrected chi connectivity index (χ2v) is 5.98. The van der Waals surface area contributed by atoms with Crippen LogP contribution in [0.25, 0.3) is 6.08 Å². The largest absolute Gasteiger partial charge is 0.452 e. The summed E-state index contributed by atoms with van der Waals surface area (Å²) in [6.07, 6.45) is 2.26. The molecule has 0 aliphatic rings. The fourth-order valence-electron chi connectivity index (χ4n) is 1.87. The number of rotatable bonds is 7. The highest BCUT2D eigenvalue weighted by Gasteiger charge is 2.08. The summed E-state index contributed by atoms with van der Waals surface area (Å²) in [5.41, 5.74) is 0.599. The molecular formula is C18H14F3NO3S. The van der Waals surface area contributed by atoms with Gasteiger partial charge in [-0.2, -0.15) is 8.78 Å². The third-order valence-corrected chi connectivity index (χ3v) is 3.74. The molecule has 136 valence electrons. The number of nitrogens with one attached hydrogen (secondary N) is 1. The standard InChI is InChI=1S/C18H14F3NO3S/c19-15-4-2-1-3-12(15)5-10-17(24)25-11-16(23)22-13-6-8-14(9-7-13)26-18(20)21/h1-10,18H,11H2,(H,22,23)/b10-5+. The molecule has 1 N–H and O–H groups in total. The number of esters is 1. The van der Waals surface area contributed by atoms with Crippen LogP contribution in [0.4, 0.5) is 18.9 Å². The molecule has 0 aliphatic heterocycles. The summed E-state index contributed by atoms with van der Waals surface area (Å²) in [5, 5.41) is 2.46. The number of halogens is 3. The van der Waals surface area contributed by atoms with Crippen molar-refractivity contribution in [3.8, 4) is 0 Å². The molecule has 4 nitrogen and oxygen atoms in total. The number of carbonyl (C=O) groups is 2. The zero-order valence-electron chi connectivity index (χ0n) is 13.3.